The van der Waals surface area contributed by atoms with E-state index < -0.39 is 10.0 Å². The Labute approximate surface area is 242 Å². The van der Waals surface area contributed by atoms with E-state index in [4.69, 9.17) is 14.5 Å². The Morgan fingerprint density at radius 2 is 1.51 bits per heavy atom. The zero-order chi connectivity index (χ0) is 27.9. The molecule has 3 rings (SSSR count). The number of sulfonamides is 1. The number of hydrogen-bond donors (Lipinski definition) is 0. The second-order valence-electron chi connectivity index (χ2n) is 9.43. The van der Waals surface area contributed by atoms with E-state index in [2.05, 4.69) is 24.8 Å². The second kappa shape index (κ2) is 15.0. The molecule has 216 valence electrons. The van der Waals surface area contributed by atoms with E-state index in [0.29, 0.717) is 17.2 Å². The number of fused-ring (bicyclic) bond motifs is 1. The molecular formula is C27H39ClN4O5S2. The van der Waals surface area contributed by atoms with Gasteiger partial charge in [0.15, 0.2) is 5.13 Å². The molecule has 1 aromatic heterocycles. The SMILES string of the molecule is COCCN(CCOC)S(=O)(=O)c1ccc(C(=O)N(CCCN(C)C)c2nc3cc(C)c(C)cc3s2)cc1.Cl. The predicted molar refractivity (Wildman–Crippen MR) is 160 cm³/mol. The van der Waals surface area contributed by atoms with Gasteiger partial charge >= 0.3 is 0 Å². The highest BCUT2D eigenvalue weighted by Crippen LogP contribution is 2.32. The molecule has 0 saturated carbocycles. The zero-order valence-electron chi connectivity index (χ0n) is 23.5. The van der Waals surface area contributed by atoms with Gasteiger partial charge in [0.2, 0.25) is 10.0 Å². The smallest absolute Gasteiger partial charge is 0.260 e. The van der Waals surface area contributed by atoms with Crippen LogP contribution < -0.4 is 4.90 Å². The molecule has 0 bridgehead atoms. The monoisotopic (exact) mass is 598 g/mol. The number of rotatable bonds is 14. The molecule has 0 atom stereocenters. The Hall–Kier alpha value is -2.12. The van der Waals surface area contributed by atoms with E-state index in [0.717, 1.165) is 28.7 Å². The average molecular weight is 599 g/mol. The molecule has 0 spiro atoms. The minimum absolute atomic E-state index is 0. The molecule has 0 fully saturated rings. The van der Waals surface area contributed by atoms with Crippen LogP contribution in [0.25, 0.3) is 10.2 Å². The minimum atomic E-state index is -3.78. The average Bonchev–Trinajstić information content (AvgIpc) is 3.28. The number of thiazole rings is 1. The number of halogens is 1. The molecule has 0 aliphatic rings. The summed E-state index contributed by atoms with van der Waals surface area (Å²) in [6, 6.07) is 10.3. The van der Waals surface area contributed by atoms with E-state index in [-0.39, 0.29) is 49.5 Å². The standard InChI is InChI=1S/C27H38N4O5S2.ClH/c1-20-18-24-25(19-21(20)2)37-27(28-24)31(13-7-12-29(3)4)26(32)22-8-10-23(11-9-22)38(33,34)30(14-16-35-5)15-17-36-6;/h8-11,18-19H,7,12-17H2,1-6H3;1H. The first-order chi connectivity index (χ1) is 18.1. The van der Waals surface area contributed by atoms with Crippen molar-refractivity contribution in [1.29, 1.82) is 0 Å². The molecule has 2 aromatic carbocycles. The van der Waals surface area contributed by atoms with Crippen LogP contribution in [0, 0.1) is 13.8 Å². The van der Waals surface area contributed by atoms with Gasteiger partial charge in [-0.2, -0.15) is 4.31 Å². The van der Waals surface area contributed by atoms with Crippen molar-refractivity contribution in [3.63, 3.8) is 0 Å². The van der Waals surface area contributed by atoms with Crippen LogP contribution in [0.15, 0.2) is 41.3 Å². The van der Waals surface area contributed by atoms with Gasteiger partial charge < -0.3 is 14.4 Å². The van der Waals surface area contributed by atoms with E-state index >= 15 is 0 Å². The summed E-state index contributed by atoms with van der Waals surface area (Å²) < 4.78 is 39.0. The van der Waals surface area contributed by atoms with Gasteiger partial charge in [0, 0.05) is 39.4 Å². The van der Waals surface area contributed by atoms with Crippen LogP contribution >= 0.6 is 23.7 Å². The Balaban J connectivity index is 0.00000533. The lowest BCUT2D eigenvalue weighted by Gasteiger charge is -2.22. The fraction of sp³-hybridized carbons (Fsp3) is 0.481. The van der Waals surface area contributed by atoms with E-state index in [1.54, 1.807) is 17.0 Å². The van der Waals surface area contributed by atoms with Gasteiger partial charge in [-0.3, -0.25) is 9.69 Å². The summed E-state index contributed by atoms with van der Waals surface area (Å²) in [6.07, 6.45) is 0.771. The lowest BCUT2D eigenvalue weighted by molar-refractivity contribution is 0.0986. The van der Waals surface area contributed by atoms with Crippen LogP contribution in [0.4, 0.5) is 5.13 Å². The van der Waals surface area contributed by atoms with Crippen LogP contribution in [-0.2, 0) is 19.5 Å². The maximum absolute atomic E-state index is 13.7. The number of aryl methyl sites for hydroxylation is 2. The third kappa shape index (κ3) is 8.43. The van der Waals surface area contributed by atoms with Gasteiger partial charge in [0.1, 0.15) is 0 Å². The quantitative estimate of drug-likeness (QED) is 0.274. The van der Waals surface area contributed by atoms with Crippen LogP contribution in [0.3, 0.4) is 0 Å². The van der Waals surface area contributed by atoms with Gasteiger partial charge in [-0.05, 0) is 88.4 Å². The van der Waals surface area contributed by atoms with Crippen LogP contribution in [0.1, 0.15) is 27.9 Å². The Bertz CT molecular complexity index is 1280. The Kier molecular flexibility index (Phi) is 12.8. The highest BCUT2D eigenvalue weighted by molar-refractivity contribution is 7.89. The number of anilines is 1. The van der Waals surface area contributed by atoms with Crippen molar-refractivity contribution in [2.24, 2.45) is 0 Å². The largest absolute Gasteiger partial charge is 0.383 e. The van der Waals surface area contributed by atoms with Gasteiger partial charge in [-0.1, -0.05) is 11.3 Å². The maximum atomic E-state index is 13.7. The first-order valence-electron chi connectivity index (χ1n) is 12.5. The van der Waals surface area contributed by atoms with Crippen molar-refractivity contribution >= 4 is 55.0 Å². The number of carbonyl (C=O) groups is 1. The third-order valence-corrected chi connectivity index (χ3v) is 9.24. The molecular weight excluding hydrogens is 560 g/mol. The summed E-state index contributed by atoms with van der Waals surface area (Å²) in [5, 5.41) is 0.635. The van der Waals surface area contributed by atoms with Crippen molar-refractivity contribution in [3.05, 3.63) is 53.1 Å². The number of aromatic nitrogens is 1. The molecule has 0 unspecified atom stereocenters. The highest BCUT2D eigenvalue weighted by Gasteiger charge is 2.26. The number of hydrogen-bond acceptors (Lipinski definition) is 8. The van der Waals surface area contributed by atoms with Gasteiger partial charge in [0.05, 0.1) is 28.3 Å². The summed E-state index contributed by atoms with van der Waals surface area (Å²) in [5.74, 6) is -0.212. The molecule has 0 aliphatic carbocycles. The molecule has 9 nitrogen and oxygen atoms in total. The fourth-order valence-electron chi connectivity index (χ4n) is 3.93. The summed E-state index contributed by atoms with van der Waals surface area (Å²) in [6.45, 7) is 6.38. The number of carbonyl (C=O) groups excluding carboxylic acids is 1. The maximum Gasteiger partial charge on any atom is 0.260 e. The van der Waals surface area contributed by atoms with E-state index in [1.165, 1.54) is 47.6 Å². The summed E-state index contributed by atoms with van der Waals surface area (Å²) in [4.78, 5) is 22.4. The summed E-state index contributed by atoms with van der Waals surface area (Å²) in [5.41, 5.74) is 3.61. The van der Waals surface area contributed by atoms with Crippen molar-refractivity contribution in [3.8, 4) is 0 Å². The van der Waals surface area contributed by atoms with Gasteiger partial charge in [-0.15, -0.1) is 12.4 Å². The van der Waals surface area contributed by atoms with E-state index in [9.17, 15) is 13.2 Å². The molecule has 12 heteroatoms. The zero-order valence-corrected chi connectivity index (χ0v) is 25.9. The highest BCUT2D eigenvalue weighted by atomic mass is 35.5. The number of benzene rings is 2. The fourth-order valence-corrected chi connectivity index (χ4v) is 6.40. The third-order valence-electron chi connectivity index (χ3n) is 6.28. The molecule has 1 heterocycles. The Morgan fingerprint density at radius 3 is 2.08 bits per heavy atom. The van der Waals surface area contributed by atoms with E-state index in [1.807, 2.05) is 20.2 Å². The van der Waals surface area contributed by atoms with Crippen LogP contribution in [-0.4, -0.2) is 96.2 Å². The topological polar surface area (TPSA) is 92.3 Å². The van der Waals surface area contributed by atoms with Crippen molar-refractivity contribution < 1.29 is 22.7 Å². The number of amides is 1. The summed E-state index contributed by atoms with van der Waals surface area (Å²) >= 11 is 1.49. The predicted octanol–water partition coefficient (Wildman–Crippen LogP) is 4.22. The normalized spacial score (nSPS) is 11.8. The van der Waals surface area contributed by atoms with Crippen molar-refractivity contribution in [1.82, 2.24) is 14.2 Å². The Morgan fingerprint density at radius 1 is 0.923 bits per heavy atom. The van der Waals surface area contributed by atoms with Crippen LogP contribution in [0.2, 0.25) is 0 Å². The first-order valence-corrected chi connectivity index (χ1v) is 14.8. The lowest BCUT2D eigenvalue weighted by atomic mass is 10.1. The molecule has 0 radical (unpaired) electrons. The lowest BCUT2D eigenvalue weighted by Crippen LogP contribution is -2.36. The molecule has 0 saturated heterocycles. The number of nitrogens with zero attached hydrogens (tertiary/aromatic N) is 4. The molecule has 3 aromatic rings. The molecule has 39 heavy (non-hydrogen) atoms. The van der Waals surface area contributed by atoms with Crippen molar-refractivity contribution in [2.45, 2.75) is 25.2 Å². The first kappa shape index (κ1) is 33.1. The summed E-state index contributed by atoms with van der Waals surface area (Å²) in [7, 11) is 3.27. The van der Waals surface area contributed by atoms with Crippen LogP contribution in [0.5, 0.6) is 0 Å². The minimum Gasteiger partial charge on any atom is -0.383 e. The second-order valence-corrected chi connectivity index (χ2v) is 12.4. The molecule has 1 amide bonds. The molecule has 0 aliphatic heterocycles. The van der Waals surface area contributed by atoms with Gasteiger partial charge in [-0.25, -0.2) is 13.4 Å². The van der Waals surface area contributed by atoms with Gasteiger partial charge in [0.25, 0.3) is 5.91 Å². The number of methoxy groups -OCH3 is 2. The molecule has 0 N–H and O–H groups in total. The van der Waals surface area contributed by atoms with Crippen molar-refractivity contribution in [2.75, 3.05) is 72.6 Å². The number of ether oxygens (including phenoxy) is 2.